The van der Waals surface area contributed by atoms with Crippen molar-refractivity contribution in [2.75, 3.05) is 25.9 Å². The van der Waals surface area contributed by atoms with Crippen molar-refractivity contribution in [3.8, 4) is 0 Å². The van der Waals surface area contributed by atoms with Crippen LogP contribution in [-0.2, 0) is 23.6 Å². The largest absolute Gasteiger partial charge is 0.353 e. The third-order valence-electron chi connectivity index (χ3n) is 2.94. The molecule has 0 saturated heterocycles. The molecule has 1 aromatic heterocycles. The van der Waals surface area contributed by atoms with Gasteiger partial charge in [0.1, 0.15) is 0 Å². The maximum Gasteiger partial charge on any atom is 0.211 e. The van der Waals surface area contributed by atoms with Gasteiger partial charge in [0, 0.05) is 38.6 Å². The van der Waals surface area contributed by atoms with Gasteiger partial charge >= 0.3 is 0 Å². The molecule has 1 rings (SSSR count). The van der Waals surface area contributed by atoms with Gasteiger partial charge in [-0.2, -0.15) is 0 Å². The Morgan fingerprint density at radius 1 is 1.44 bits per heavy atom. The zero-order chi connectivity index (χ0) is 13.6. The van der Waals surface area contributed by atoms with Crippen molar-refractivity contribution in [3.05, 3.63) is 24.0 Å². The second-order valence-corrected chi connectivity index (χ2v) is 6.38. The number of aryl methyl sites for hydroxylation is 1. The van der Waals surface area contributed by atoms with E-state index in [2.05, 4.69) is 16.0 Å². The predicted octanol–water partition coefficient (Wildman–Crippen LogP) is 0.786. The average Bonchev–Trinajstić information content (AvgIpc) is 2.67. The van der Waals surface area contributed by atoms with Crippen molar-refractivity contribution < 1.29 is 8.42 Å². The first-order valence-electron chi connectivity index (χ1n) is 6.21. The monoisotopic (exact) mass is 273 g/mol. The molecule has 0 saturated carbocycles. The van der Waals surface area contributed by atoms with Crippen LogP contribution in [0.1, 0.15) is 19.0 Å². The van der Waals surface area contributed by atoms with E-state index in [1.807, 2.05) is 26.2 Å². The summed E-state index contributed by atoms with van der Waals surface area (Å²) in [6.07, 6.45) is 4.10. The van der Waals surface area contributed by atoms with E-state index in [0.29, 0.717) is 13.1 Å². The Kier molecular flexibility index (Phi) is 5.84. The first-order chi connectivity index (χ1) is 8.45. The molecule has 1 aromatic rings. The second kappa shape index (κ2) is 6.92. The Hall–Kier alpha value is -0.850. The fourth-order valence-corrected chi connectivity index (χ4v) is 2.77. The van der Waals surface area contributed by atoms with E-state index >= 15 is 0 Å². The summed E-state index contributed by atoms with van der Waals surface area (Å²) in [6, 6.07) is 4.08. The Labute approximate surface area is 110 Å². The van der Waals surface area contributed by atoms with Crippen LogP contribution in [-0.4, -0.2) is 43.2 Å². The summed E-state index contributed by atoms with van der Waals surface area (Å²) < 4.78 is 26.3. The molecule has 1 heterocycles. The third-order valence-corrected chi connectivity index (χ3v) is 4.32. The molecule has 0 aliphatic carbocycles. The van der Waals surface area contributed by atoms with E-state index in [1.165, 1.54) is 16.3 Å². The molecule has 1 N–H and O–H groups in total. The molecule has 0 aliphatic heterocycles. The van der Waals surface area contributed by atoms with E-state index in [4.69, 9.17) is 0 Å². The Balaban J connectivity index is 2.21. The zero-order valence-corrected chi connectivity index (χ0v) is 12.2. The zero-order valence-electron chi connectivity index (χ0n) is 11.4. The number of nitrogens with one attached hydrogen (secondary N) is 1. The highest BCUT2D eigenvalue weighted by atomic mass is 32.2. The van der Waals surface area contributed by atoms with Crippen LogP contribution in [0.3, 0.4) is 0 Å². The van der Waals surface area contributed by atoms with Crippen LogP contribution < -0.4 is 5.32 Å². The van der Waals surface area contributed by atoms with Crippen LogP contribution in [0.4, 0.5) is 0 Å². The minimum atomic E-state index is -3.05. The van der Waals surface area contributed by atoms with Gasteiger partial charge in [-0.15, -0.1) is 0 Å². The van der Waals surface area contributed by atoms with Crippen LogP contribution in [0, 0.1) is 0 Å². The molecule has 0 radical (unpaired) electrons. The summed E-state index contributed by atoms with van der Waals surface area (Å²) in [5.74, 6) is 0. The van der Waals surface area contributed by atoms with Crippen molar-refractivity contribution in [2.24, 2.45) is 7.05 Å². The van der Waals surface area contributed by atoms with Gasteiger partial charge < -0.3 is 9.88 Å². The van der Waals surface area contributed by atoms with Gasteiger partial charge in [-0.3, -0.25) is 0 Å². The molecular weight excluding hydrogens is 250 g/mol. The maximum absolute atomic E-state index is 11.4. The minimum Gasteiger partial charge on any atom is -0.353 e. The molecule has 0 spiro atoms. The van der Waals surface area contributed by atoms with E-state index in [1.54, 1.807) is 0 Å². The number of hydrogen-bond acceptors (Lipinski definition) is 3. The molecule has 104 valence electrons. The van der Waals surface area contributed by atoms with Gasteiger partial charge in [0.05, 0.1) is 6.26 Å². The first-order valence-corrected chi connectivity index (χ1v) is 8.06. The molecule has 0 fully saturated rings. The Morgan fingerprint density at radius 2 is 2.17 bits per heavy atom. The van der Waals surface area contributed by atoms with Crippen molar-refractivity contribution in [2.45, 2.75) is 19.9 Å². The molecule has 0 atom stereocenters. The molecule has 0 unspecified atom stereocenters. The Bertz CT molecular complexity index is 454. The van der Waals surface area contributed by atoms with Gasteiger partial charge in [-0.05, 0) is 25.1 Å². The number of aromatic nitrogens is 1. The minimum absolute atomic E-state index is 0.538. The SMILES string of the molecule is CCN(CCCNCc1cccn1C)S(C)(=O)=O. The fourth-order valence-electron chi connectivity index (χ4n) is 1.84. The van der Waals surface area contributed by atoms with Crippen molar-refractivity contribution in [1.29, 1.82) is 0 Å². The van der Waals surface area contributed by atoms with Crippen LogP contribution in [0.5, 0.6) is 0 Å². The van der Waals surface area contributed by atoms with Crippen LogP contribution >= 0.6 is 0 Å². The van der Waals surface area contributed by atoms with Gasteiger partial charge in [0.25, 0.3) is 0 Å². The lowest BCUT2D eigenvalue weighted by Gasteiger charge is -2.17. The summed E-state index contributed by atoms with van der Waals surface area (Å²) in [5.41, 5.74) is 1.23. The van der Waals surface area contributed by atoms with E-state index in [9.17, 15) is 8.42 Å². The summed E-state index contributed by atoms with van der Waals surface area (Å²) in [5, 5.41) is 3.32. The highest BCUT2D eigenvalue weighted by molar-refractivity contribution is 7.88. The molecule has 6 heteroatoms. The van der Waals surface area contributed by atoms with Crippen molar-refractivity contribution in [3.63, 3.8) is 0 Å². The normalized spacial score (nSPS) is 12.2. The number of nitrogens with zero attached hydrogens (tertiary/aromatic N) is 2. The molecule has 5 nitrogen and oxygen atoms in total. The van der Waals surface area contributed by atoms with Gasteiger partial charge in [-0.25, -0.2) is 12.7 Å². The van der Waals surface area contributed by atoms with Crippen LogP contribution in [0.25, 0.3) is 0 Å². The summed E-state index contributed by atoms with van der Waals surface area (Å²) in [4.78, 5) is 0. The van der Waals surface area contributed by atoms with Crippen LogP contribution in [0.15, 0.2) is 18.3 Å². The summed E-state index contributed by atoms with van der Waals surface area (Å²) in [7, 11) is -1.04. The van der Waals surface area contributed by atoms with Gasteiger partial charge in [-0.1, -0.05) is 6.92 Å². The fraction of sp³-hybridized carbons (Fsp3) is 0.667. The first kappa shape index (κ1) is 15.2. The van der Waals surface area contributed by atoms with Gasteiger partial charge in [0.2, 0.25) is 10.0 Å². The second-order valence-electron chi connectivity index (χ2n) is 4.40. The topological polar surface area (TPSA) is 54.3 Å². The van der Waals surface area contributed by atoms with Gasteiger partial charge in [0.15, 0.2) is 0 Å². The van der Waals surface area contributed by atoms with E-state index in [0.717, 1.165) is 19.5 Å². The van der Waals surface area contributed by atoms with Crippen molar-refractivity contribution in [1.82, 2.24) is 14.2 Å². The standard InChI is InChI=1S/C12H23N3O2S/c1-4-15(18(3,16)17)10-6-8-13-11-12-7-5-9-14(12)2/h5,7,9,13H,4,6,8,10-11H2,1-3H3. The number of sulfonamides is 1. The van der Waals surface area contributed by atoms with E-state index < -0.39 is 10.0 Å². The number of hydrogen-bond donors (Lipinski definition) is 1. The lowest BCUT2D eigenvalue weighted by atomic mass is 10.4. The lowest BCUT2D eigenvalue weighted by molar-refractivity contribution is 0.418. The van der Waals surface area contributed by atoms with E-state index in [-0.39, 0.29) is 0 Å². The highest BCUT2D eigenvalue weighted by Gasteiger charge is 2.12. The van der Waals surface area contributed by atoms with Crippen LogP contribution in [0.2, 0.25) is 0 Å². The molecule has 0 amide bonds. The third kappa shape index (κ3) is 4.80. The summed E-state index contributed by atoms with van der Waals surface area (Å²) in [6.45, 7) is 4.61. The molecule has 0 bridgehead atoms. The maximum atomic E-state index is 11.4. The number of rotatable bonds is 8. The molecule has 0 aromatic carbocycles. The Morgan fingerprint density at radius 3 is 2.67 bits per heavy atom. The molecule has 0 aliphatic rings. The van der Waals surface area contributed by atoms with Crippen molar-refractivity contribution >= 4 is 10.0 Å². The predicted molar refractivity (Wildman–Crippen MR) is 73.8 cm³/mol. The summed E-state index contributed by atoms with van der Waals surface area (Å²) >= 11 is 0. The average molecular weight is 273 g/mol. The lowest BCUT2D eigenvalue weighted by Crippen LogP contribution is -2.32. The molecular formula is C12H23N3O2S. The molecule has 18 heavy (non-hydrogen) atoms. The highest BCUT2D eigenvalue weighted by Crippen LogP contribution is 2.00. The quantitative estimate of drug-likeness (QED) is 0.712. The smallest absolute Gasteiger partial charge is 0.211 e.